The van der Waals surface area contributed by atoms with Crippen LogP contribution in [0, 0.1) is 0 Å². The van der Waals surface area contributed by atoms with Crippen molar-refractivity contribution in [1.29, 1.82) is 0 Å². The summed E-state index contributed by atoms with van der Waals surface area (Å²) in [5.41, 5.74) is 0. The number of carbonyl (C=O) groups is 2. The second kappa shape index (κ2) is 32.5. The van der Waals surface area contributed by atoms with Crippen LogP contribution in [0.4, 0.5) is 0 Å². The number of esters is 2. The number of hydrogen-bond donors (Lipinski definition) is 1. The summed E-state index contributed by atoms with van der Waals surface area (Å²) >= 11 is 0. The third-order valence-electron chi connectivity index (χ3n) is 8.64. The molecule has 0 aromatic rings. The quantitative estimate of drug-likeness (QED) is 0.0167. The number of nitrogens with zero attached hydrogens (tertiary/aromatic N) is 1. The molecule has 0 saturated carbocycles. The van der Waals surface area contributed by atoms with Gasteiger partial charge in [-0.2, -0.15) is 0 Å². The first-order valence-electron chi connectivity index (χ1n) is 20.8. The summed E-state index contributed by atoms with van der Waals surface area (Å²) in [4.78, 5) is 35.2. The molecule has 4 atom stereocenters. The highest BCUT2D eigenvalue weighted by Gasteiger charge is 2.36. The SMILES string of the molecule is CC/C=C\CC1OC1C/C=C\C/C=C\C/C=C\C/C=C\CCC(=O)OC[C@H](COP(=O)(O)OCC[N+](C)(C)C)OC(=O)CCCCCCC/C=C\CCCC. The zero-order valence-corrected chi connectivity index (χ0v) is 35.7. The number of quaternary nitrogens is 1. The van der Waals surface area contributed by atoms with Gasteiger partial charge in [0.2, 0.25) is 0 Å². The van der Waals surface area contributed by atoms with E-state index in [9.17, 15) is 19.0 Å². The zero-order chi connectivity index (χ0) is 40.5. The van der Waals surface area contributed by atoms with Gasteiger partial charge in [-0.3, -0.25) is 18.6 Å². The molecule has 1 aliphatic heterocycles. The molecular formula is C44H75NO9P+. The number of allylic oxidation sites excluding steroid dienone is 10. The maximum Gasteiger partial charge on any atom is 0.472 e. The Balaban J connectivity index is 2.34. The topological polar surface area (TPSA) is 121 Å². The molecule has 0 aromatic heterocycles. The van der Waals surface area contributed by atoms with Crippen LogP contribution < -0.4 is 0 Å². The summed E-state index contributed by atoms with van der Waals surface area (Å²) in [6, 6.07) is 0. The van der Waals surface area contributed by atoms with Crippen LogP contribution in [0.2, 0.25) is 0 Å². The Morgan fingerprint density at radius 2 is 1.24 bits per heavy atom. The standard InChI is InChI=1S/C44H74NO9P/c1-6-8-10-11-12-13-16-21-24-27-31-35-44(47)53-40(39-52-55(48,49)51-37-36-45(3,4)5)38-50-43(46)34-30-26-23-20-18-15-14-17-19-22-25-29-33-42-41(54-42)32-28-9-7-2/h9,11-12,15,17-19,23,25-26,28-29,40-42H,6-8,10,13-14,16,20-22,24,27,30-39H2,1-5H3/p+1/b12-11-,18-15-,19-17-,26-23-,28-9-,29-25-/t40-,41?,42?/m1/s1. The molecule has 0 aromatic carbocycles. The highest BCUT2D eigenvalue weighted by Crippen LogP contribution is 2.43. The normalized spacial score (nSPS) is 18.1. The van der Waals surface area contributed by atoms with E-state index in [0.717, 1.165) is 77.0 Å². The molecule has 10 nitrogen and oxygen atoms in total. The van der Waals surface area contributed by atoms with Crippen LogP contribution in [0.3, 0.4) is 0 Å². The van der Waals surface area contributed by atoms with Crippen LogP contribution in [0.15, 0.2) is 72.9 Å². The predicted octanol–water partition coefficient (Wildman–Crippen LogP) is 10.4. The third-order valence-corrected chi connectivity index (χ3v) is 9.62. The summed E-state index contributed by atoms with van der Waals surface area (Å²) in [6.45, 7) is 4.13. The Bertz CT molecular complexity index is 1230. The van der Waals surface area contributed by atoms with Gasteiger partial charge in [-0.05, 0) is 70.6 Å². The van der Waals surface area contributed by atoms with Crippen LogP contribution in [-0.2, 0) is 37.4 Å². The van der Waals surface area contributed by atoms with Crippen LogP contribution in [0.1, 0.15) is 129 Å². The van der Waals surface area contributed by atoms with Crippen molar-refractivity contribution in [2.45, 2.75) is 148 Å². The fourth-order valence-corrected chi connectivity index (χ4v) is 5.98. The number of phosphoric ester groups is 1. The lowest BCUT2D eigenvalue weighted by Crippen LogP contribution is -2.37. The molecule has 0 radical (unpaired) electrons. The van der Waals surface area contributed by atoms with Crippen LogP contribution >= 0.6 is 7.82 Å². The van der Waals surface area contributed by atoms with E-state index in [2.05, 4.69) is 74.6 Å². The molecule has 55 heavy (non-hydrogen) atoms. The number of rotatable bonds is 35. The highest BCUT2D eigenvalue weighted by molar-refractivity contribution is 7.47. The van der Waals surface area contributed by atoms with Crippen LogP contribution in [0.5, 0.6) is 0 Å². The molecule has 0 amide bonds. The van der Waals surface area contributed by atoms with Crippen molar-refractivity contribution in [3.05, 3.63) is 72.9 Å². The second-order valence-corrected chi connectivity index (χ2v) is 16.5. The number of phosphoric acid groups is 1. The first-order chi connectivity index (χ1) is 26.5. The minimum Gasteiger partial charge on any atom is -0.462 e. The number of epoxide rings is 1. The smallest absolute Gasteiger partial charge is 0.462 e. The molecular weight excluding hydrogens is 717 g/mol. The lowest BCUT2D eigenvalue weighted by molar-refractivity contribution is -0.870. The first kappa shape index (κ1) is 50.4. The molecule has 11 heteroatoms. The number of carbonyl (C=O) groups excluding carboxylic acids is 2. The maximum absolute atomic E-state index is 12.6. The van der Waals surface area contributed by atoms with E-state index in [4.69, 9.17) is 23.3 Å². The van der Waals surface area contributed by atoms with Crippen LogP contribution in [-0.4, -0.2) is 87.1 Å². The van der Waals surface area contributed by atoms with Gasteiger partial charge in [-0.1, -0.05) is 119 Å². The Kier molecular flexibility index (Phi) is 29.8. The average molecular weight is 793 g/mol. The molecule has 314 valence electrons. The first-order valence-corrected chi connectivity index (χ1v) is 22.3. The van der Waals surface area contributed by atoms with E-state index in [1.165, 1.54) is 12.8 Å². The number of likely N-dealkylation sites (N-methyl/N-ethyl adjacent to an activating group) is 1. The van der Waals surface area contributed by atoms with Crippen molar-refractivity contribution < 1.29 is 46.8 Å². The van der Waals surface area contributed by atoms with Crippen molar-refractivity contribution >= 4 is 19.8 Å². The lowest BCUT2D eigenvalue weighted by atomic mass is 10.1. The van der Waals surface area contributed by atoms with E-state index in [1.54, 1.807) is 0 Å². The molecule has 0 spiro atoms. The fraction of sp³-hybridized carbons (Fsp3) is 0.682. The number of unbranched alkanes of at least 4 members (excludes halogenated alkanes) is 7. The summed E-state index contributed by atoms with van der Waals surface area (Å²) < 4.78 is 39.8. The molecule has 3 unspecified atom stereocenters. The van der Waals surface area contributed by atoms with Crippen LogP contribution in [0.25, 0.3) is 0 Å². The molecule has 1 fully saturated rings. The van der Waals surface area contributed by atoms with Crippen molar-refractivity contribution in [3.63, 3.8) is 0 Å². The van der Waals surface area contributed by atoms with Crippen molar-refractivity contribution in [3.8, 4) is 0 Å². The van der Waals surface area contributed by atoms with Gasteiger partial charge in [-0.25, -0.2) is 4.57 Å². The fourth-order valence-electron chi connectivity index (χ4n) is 5.24. The van der Waals surface area contributed by atoms with Gasteiger partial charge < -0.3 is 23.6 Å². The lowest BCUT2D eigenvalue weighted by Gasteiger charge is -2.24. The van der Waals surface area contributed by atoms with Gasteiger partial charge in [0.1, 0.15) is 19.8 Å². The molecule has 1 heterocycles. The van der Waals surface area contributed by atoms with Gasteiger partial charge in [-0.15, -0.1) is 0 Å². The molecule has 0 aliphatic carbocycles. The zero-order valence-electron chi connectivity index (χ0n) is 34.8. The minimum absolute atomic E-state index is 0.0134. The Labute approximate surface area is 333 Å². The summed E-state index contributed by atoms with van der Waals surface area (Å²) in [5.74, 6) is -0.921. The maximum atomic E-state index is 12.6. The molecule has 1 N–H and O–H groups in total. The summed E-state index contributed by atoms with van der Waals surface area (Å²) in [7, 11) is 1.41. The molecule has 1 rings (SSSR count). The summed E-state index contributed by atoms with van der Waals surface area (Å²) in [5, 5.41) is 0. The largest absolute Gasteiger partial charge is 0.472 e. The Hall–Kier alpha value is -2.59. The van der Waals surface area contributed by atoms with Gasteiger partial charge >= 0.3 is 19.8 Å². The molecule has 0 bridgehead atoms. The van der Waals surface area contributed by atoms with E-state index >= 15 is 0 Å². The van der Waals surface area contributed by atoms with Crippen molar-refractivity contribution in [2.75, 3.05) is 47.5 Å². The Morgan fingerprint density at radius 3 is 1.87 bits per heavy atom. The third kappa shape index (κ3) is 33.3. The minimum atomic E-state index is -4.39. The van der Waals surface area contributed by atoms with Gasteiger partial charge in [0.25, 0.3) is 0 Å². The second-order valence-electron chi connectivity index (χ2n) is 15.0. The monoisotopic (exact) mass is 793 g/mol. The van der Waals surface area contributed by atoms with E-state index in [0.29, 0.717) is 36.1 Å². The van der Waals surface area contributed by atoms with Crippen molar-refractivity contribution in [1.82, 2.24) is 0 Å². The number of ether oxygens (including phenoxy) is 3. The van der Waals surface area contributed by atoms with Gasteiger partial charge in [0.15, 0.2) is 6.10 Å². The molecule has 1 saturated heterocycles. The van der Waals surface area contributed by atoms with E-state index in [1.807, 2.05) is 33.3 Å². The summed E-state index contributed by atoms with van der Waals surface area (Å²) in [6.07, 6.45) is 41.5. The van der Waals surface area contributed by atoms with Crippen molar-refractivity contribution in [2.24, 2.45) is 0 Å². The van der Waals surface area contributed by atoms with Gasteiger partial charge in [0.05, 0.1) is 40.0 Å². The highest BCUT2D eigenvalue weighted by atomic mass is 31.2. The van der Waals surface area contributed by atoms with E-state index < -0.39 is 32.5 Å². The Morgan fingerprint density at radius 1 is 0.673 bits per heavy atom. The predicted molar refractivity (Wildman–Crippen MR) is 223 cm³/mol. The molecule has 1 aliphatic rings. The average Bonchev–Trinajstić information content (AvgIpc) is 3.89. The van der Waals surface area contributed by atoms with Gasteiger partial charge in [0, 0.05) is 12.8 Å². The van der Waals surface area contributed by atoms with E-state index in [-0.39, 0.29) is 26.1 Å². The number of hydrogen-bond acceptors (Lipinski definition) is 8.